The van der Waals surface area contributed by atoms with Crippen molar-refractivity contribution in [3.63, 3.8) is 0 Å². The van der Waals surface area contributed by atoms with Crippen LogP contribution in [0.25, 0.3) is 109 Å². The van der Waals surface area contributed by atoms with Gasteiger partial charge in [-0.15, -0.1) is 0 Å². The molecule has 48 heavy (non-hydrogen) atoms. The van der Waals surface area contributed by atoms with Crippen LogP contribution in [0.2, 0.25) is 0 Å². The maximum Gasteiger partial charge on any atom is 0.143 e. The Morgan fingerprint density at radius 3 is 1.77 bits per heavy atom. The van der Waals surface area contributed by atoms with Crippen molar-refractivity contribution in [1.82, 2.24) is 0 Å². The summed E-state index contributed by atoms with van der Waals surface area (Å²) in [5.74, 6) is 0. The van der Waals surface area contributed by atoms with E-state index in [9.17, 15) is 0 Å². The van der Waals surface area contributed by atoms with Gasteiger partial charge in [0.25, 0.3) is 0 Å². The molecule has 0 spiro atoms. The Morgan fingerprint density at radius 2 is 0.958 bits per heavy atom. The van der Waals surface area contributed by atoms with Crippen molar-refractivity contribution < 1.29 is 8.83 Å². The van der Waals surface area contributed by atoms with Crippen molar-refractivity contribution in [3.05, 3.63) is 158 Å². The highest BCUT2D eigenvalue weighted by Gasteiger charge is 2.18. The molecule has 0 aliphatic rings. The van der Waals surface area contributed by atoms with E-state index < -0.39 is 0 Å². The minimum atomic E-state index is 0.884. The molecule has 0 aliphatic carbocycles. The number of fused-ring (bicyclic) bond motifs is 12. The molecule has 2 aromatic heterocycles. The van der Waals surface area contributed by atoms with Gasteiger partial charge in [-0.25, -0.2) is 0 Å². The maximum atomic E-state index is 6.51. The van der Waals surface area contributed by atoms with Crippen LogP contribution in [0.15, 0.2) is 167 Å². The highest BCUT2D eigenvalue weighted by Crippen LogP contribution is 2.43. The molecule has 0 bridgehead atoms. The Kier molecular flexibility index (Phi) is 5.14. The Labute approximate surface area is 275 Å². The average Bonchev–Trinajstić information content (AvgIpc) is 3.72. The molecular formula is C46H26O2. The summed E-state index contributed by atoms with van der Waals surface area (Å²) in [6, 6.07) is 56.7. The van der Waals surface area contributed by atoms with Gasteiger partial charge in [-0.2, -0.15) is 0 Å². The van der Waals surface area contributed by atoms with Crippen LogP contribution in [0.1, 0.15) is 0 Å². The fraction of sp³-hybridized carbons (Fsp3) is 0. The second-order valence-corrected chi connectivity index (χ2v) is 12.8. The Bertz CT molecular complexity index is 3120. The van der Waals surface area contributed by atoms with Crippen LogP contribution < -0.4 is 0 Å². The van der Waals surface area contributed by atoms with Gasteiger partial charge in [0.2, 0.25) is 0 Å². The third-order valence-electron chi connectivity index (χ3n) is 10.2. The second kappa shape index (κ2) is 9.57. The third-order valence-corrected chi connectivity index (χ3v) is 10.2. The summed E-state index contributed by atoms with van der Waals surface area (Å²) in [7, 11) is 0. The van der Waals surface area contributed by atoms with E-state index in [0.29, 0.717) is 0 Å². The molecule has 0 fully saturated rings. The van der Waals surface area contributed by atoms with E-state index >= 15 is 0 Å². The number of furan rings is 2. The molecule has 0 N–H and O–H groups in total. The van der Waals surface area contributed by atoms with Crippen LogP contribution in [0.4, 0.5) is 0 Å². The molecule has 11 rings (SSSR count). The molecule has 0 amide bonds. The minimum Gasteiger partial charge on any atom is -0.456 e. The van der Waals surface area contributed by atoms with Gasteiger partial charge in [0.1, 0.15) is 22.3 Å². The normalized spacial score (nSPS) is 12.2. The summed E-state index contributed by atoms with van der Waals surface area (Å²) in [6.45, 7) is 0. The van der Waals surface area contributed by atoms with Crippen LogP contribution in [0, 0.1) is 0 Å². The largest absolute Gasteiger partial charge is 0.456 e. The Morgan fingerprint density at radius 1 is 0.312 bits per heavy atom. The first-order valence-corrected chi connectivity index (χ1v) is 16.4. The predicted molar refractivity (Wildman–Crippen MR) is 202 cm³/mol. The first-order chi connectivity index (χ1) is 23.8. The fourth-order valence-corrected chi connectivity index (χ4v) is 8.03. The van der Waals surface area contributed by atoms with Gasteiger partial charge in [-0.1, -0.05) is 115 Å². The van der Waals surface area contributed by atoms with E-state index in [0.717, 1.165) is 60.4 Å². The second-order valence-electron chi connectivity index (χ2n) is 12.8. The number of hydrogen-bond acceptors (Lipinski definition) is 2. The van der Waals surface area contributed by atoms with Crippen molar-refractivity contribution in [2.24, 2.45) is 0 Å². The van der Waals surface area contributed by atoms with Crippen molar-refractivity contribution in [3.8, 4) is 22.3 Å². The van der Waals surface area contributed by atoms with E-state index in [1.807, 2.05) is 0 Å². The van der Waals surface area contributed by atoms with Crippen LogP contribution in [-0.2, 0) is 0 Å². The van der Waals surface area contributed by atoms with Crippen LogP contribution >= 0.6 is 0 Å². The van der Waals surface area contributed by atoms with Gasteiger partial charge >= 0.3 is 0 Å². The SMILES string of the molecule is c1ccc2c(-c3ccc4oc5ccc(-c6cccc7oc8c9ccccc9ccc8c67)cc5c4c3)c3ccc4ccccc4c3cc2c1. The van der Waals surface area contributed by atoms with Gasteiger partial charge in [-0.3, -0.25) is 0 Å². The topological polar surface area (TPSA) is 26.3 Å². The lowest BCUT2D eigenvalue weighted by molar-refractivity contribution is 0.669. The zero-order chi connectivity index (χ0) is 31.3. The van der Waals surface area contributed by atoms with Crippen molar-refractivity contribution in [2.75, 3.05) is 0 Å². The molecule has 0 saturated carbocycles. The van der Waals surface area contributed by atoms with Gasteiger partial charge in [0.15, 0.2) is 0 Å². The number of hydrogen-bond donors (Lipinski definition) is 0. The zero-order valence-corrected chi connectivity index (χ0v) is 25.8. The van der Waals surface area contributed by atoms with E-state index in [1.165, 1.54) is 48.8 Å². The maximum absolute atomic E-state index is 6.51. The standard InChI is InChI=1S/C46H26O2/c1-4-11-32-27(8-1)16-20-36-38(32)24-29-10-3-5-12-33(29)44(36)31-19-23-42-40(26-31)39-25-30(18-22-41(39)47-42)34-14-7-15-43-45(34)37-21-17-28-9-2-6-13-35(28)46(37)48-43/h1-26H. The van der Waals surface area contributed by atoms with Gasteiger partial charge in [-0.05, 0) is 102 Å². The summed E-state index contributed by atoms with van der Waals surface area (Å²) in [6.07, 6.45) is 0. The predicted octanol–water partition coefficient (Wildman–Crippen LogP) is 13.4. The van der Waals surface area contributed by atoms with Crippen molar-refractivity contribution in [2.45, 2.75) is 0 Å². The highest BCUT2D eigenvalue weighted by atomic mass is 16.3. The zero-order valence-electron chi connectivity index (χ0n) is 25.8. The number of benzene rings is 9. The molecule has 9 aromatic carbocycles. The molecule has 0 saturated heterocycles. The molecule has 0 atom stereocenters. The van der Waals surface area contributed by atoms with E-state index in [2.05, 4.69) is 158 Å². The molecular weight excluding hydrogens is 585 g/mol. The molecule has 2 heteroatoms. The molecule has 0 unspecified atom stereocenters. The lowest BCUT2D eigenvalue weighted by Crippen LogP contribution is -1.87. The lowest BCUT2D eigenvalue weighted by atomic mass is 9.89. The quantitative estimate of drug-likeness (QED) is 0.144. The van der Waals surface area contributed by atoms with E-state index in [1.54, 1.807) is 0 Å². The van der Waals surface area contributed by atoms with Gasteiger partial charge < -0.3 is 8.83 Å². The summed E-state index contributed by atoms with van der Waals surface area (Å²) >= 11 is 0. The smallest absolute Gasteiger partial charge is 0.143 e. The highest BCUT2D eigenvalue weighted by molar-refractivity contribution is 6.22. The van der Waals surface area contributed by atoms with Gasteiger partial charge in [0.05, 0.1) is 0 Å². The molecule has 11 aromatic rings. The van der Waals surface area contributed by atoms with Crippen molar-refractivity contribution >= 4 is 87.0 Å². The summed E-state index contributed by atoms with van der Waals surface area (Å²) < 4.78 is 13.0. The molecule has 222 valence electrons. The van der Waals surface area contributed by atoms with E-state index in [4.69, 9.17) is 8.83 Å². The summed E-state index contributed by atoms with van der Waals surface area (Å²) in [4.78, 5) is 0. The number of rotatable bonds is 2. The first-order valence-electron chi connectivity index (χ1n) is 16.4. The third kappa shape index (κ3) is 3.57. The summed E-state index contributed by atoms with van der Waals surface area (Å²) in [5.41, 5.74) is 8.33. The molecule has 0 radical (unpaired) electrons. The monoisotopic (exact) mass is 610 g/mol. The van der Waals surface area contributed by atoms with E-state index in [-0.39, 0.29) is 0 Å². The summed E-state index contributed by atoms with van der Waals surface area (Å²) in [5, 5.41) is 14.4. The molecule has 0 aliphatic heterocycles. The van der Waals surface area contributed by atoms with Crippen LogP contribution in [0.3, 0.4) is 0 Å². The van der Waals surface area contributed by atoms with Gasteiger partial charge in [0, 0.05) is 26.9 Å². The Hall–Kier alpha value is -6.38. The molecule has 2 nitrogen and oxygen atoms in total. The Balaban J connectivity index is 1.16. The minimum absolute atomic E-state index is 0.884. The fourth-order valence-electron chi connectivity index (χ4n) is 8.03. The average molecular weight is 611 g/mol. The molecule has 2 heterocycles. The lowest BCUT2D eigenvalue weighted by Gasteiger charge is -2.14. The first kappa shape index (κ1) is 25.8. The van der Waals surface area contributed by atoms with Crippen LogP contribution in [-0.4, -0.2) is 0 Å². The van der Waals surface area contributed by atoms with Crippen LogP contribution in [0.5, 0.6) is 0 Å². The van der Waals surface area contributed by atoms with Crippen molar-refractivity contribution in [1.29, 1.82) is 0 Å².